The number of carboxylic acids is 1. The topological polar surface area (TPSA) is 58.6 Å². The lowest BCUT2D eigenvalue weighted by atomic mass is 9.94. The quantitative estimate of drug-likeness (QED) is 0.796. The van der Waals surface area contributed by atoms with Crippen LogP contribution in [0.3, 0.4) is 0 Å². The summed E-state index contributed by atoms with van der Waals surface area (Å²) in [6, 6.07) is 9.54. The molecule has 106 valence electrons. The van der Waals surface area contributed by atoms with Crippen LogP contribution in [0.25, 0.3) is 0 Å². The van der Waals surface area contributed by atoms with Crippen LogP contribution < -0.4 is 10.1 Å². The molecule has 0 saturated heterocycles. The molecule has 0 radical (unpaired) electrons. The van der Waals surface area contributed by atoms with Crippen LogP contribution in [0.15, 0.2) is 30.3 Å². The number of aliphatic carboxylic acids is 1. The molecule has 19 heavy (non-hydrogen) atoms. The summed E-state index contributed by atoms with van der Waals surface area (Å²) in [6.07, 6.45) is 0.213. The second-order valence-electron chi connectivity index (χ2n) is 5.38. The molecule has 0 amide bonds. The summed E-state index contributed by atoms with van der Waals surface area (Å²) in [7, 11) is 0. The van der Waals surface area contributed by atoms with Gasteiger partial charge in [0.1, 0.15) is 11.3 Å². The lowest BCUT2D eigenvalue weighted by molar-refractivity contribution is -0.145. The van der Waals surface area contributed by atoms with E-state index in [1.165, 1.54) is 0 Å². The first-order valence-electron chi connectivity index (χ1n) is 6.56. The van der Waals surface area contributed by atoms with E-state index in [2.05, 4.69) is 5.32 Å². The molecule has 0 aliphatic heterocycles. The number of carbonyl (C=O) groups is 1. The van der Waals surface area contributed by atoms with Crippen molar-refractivity contribution in [2.24, 2.45) is 0 Å². The van der Waals surface area contributed by atoms with Crippen molar-refractivity contribution in [1.29, 1.82) is 0 Å². The van der Waals surface area contributed by atoms with Gasteiger partial charge in [0.25, 0.3) is 0 Å². The molecular formula is C15H23NO3. The highest BCUT2D eigenvalue weighted by molar-refractivity contribution is 5.78. The van der Waals surface area contributed by atoms with Crippen LogP contribution in [0.5, 0.6) is 5.75 Å². The Labute approximate surface area is 114 Å². The first kappa shape index (κ1) is 15.5. The molecular weight excluding hydrogens is 242 g/mol. The molecule has 2 atom stereocenters. The highest BCUT2D eigenvalue weighted by Gasteiger charge is 2.35. The Kier molecular flexibility index (Phi) is 5.36. The van der Waals surface area contributed by atoms with Gasteiger partial charge in [-0.3, -0.25) is 10.1 Å². The van der Waals surface area contributed by atoms with E-state index in [1.54, 1.807) is 6.92 Å². The third-order valence-corrected chi connectivity index (χ3v) is 2.86. The number of benzene rings is 1. The normalized spacial score (nSPS) is 15.8. The van der Waals surface area contributed by atoms with Crippen LogP contribution in [-0.4, -0.2) is 28.8 Å². The van der Waals surface area contributed by atoms with E-state index in [0.29, 0.717) is 6.42 Å². The van der Waals surface area contributed by atoms with Crippen LogP contribution >= 0.6 is 0 Å². The van der Waals surface area contributed by atoms with Gasteiger partial charge < -0.3 is 9.84 Å². The predicted molar refractivity (Wildman–Crippen MR) is 75.5 cm³/mol. The molecule has 4 nitrogen and oxygen atoms in total. The molecule has 1 aromatic rings. The van der Waals surface area contributed by atoms with Gasteiger partial charge >= 0.3 is 5.97 Å². The first-order valence-corrected chi connectivity index (χ1v) is 6.56. The van der Waals surface area contributed by atoms with E-state index < -0.39 is 11.5 Å². The highest BCUT2D eigenvalue weighted by Crippen LogP contribution is 2.19. The zero-order valence-corrected chi connectivity index (χ0v) is 12.0. The lowest BCUT2D eigenvalue weighted by Crippen LogP contribution is -2.54. The number of ether oxygens (including phenoxy) is 1. The number of nitrogens with one attached hydrogen (secondary N) is 1. The average Bonchev–Trinajstić information content (AvgIpc) is 2.28. The molecule has 0 aliphatic rings. The average molecular weight is 265 g/mol. The molecule has 0 saturated carbocycles. The zero-order chi connectivity index (χ0) is 14.5. The summed E-state index contributed by atoms with van der Waals surface area (Å²) >= 11 is 0. The van der Waals surface area contributed by atoms with Gasteiger partial charge in [-0.1, -0.05) is 18.2 Å². The maximum absolute atomic E-state index is 11.4. The van der Waals surface area contributed by atoms with Gasteiger partial charge in [-0.05, 0) is 39.8 Å². The van der Waals surface area contributed by atoms with Crippen LogP contribution in [-0.2, 0) is 4.79 Å². The van der Waals surface area contributed by atoms with E-state index in [-0.39, 0.29) is 12.1 Å². The number of carboxylic acid groups (broad SMARTS) is 1. The number of hydrogen-bond donors (Lipinski definition) is 2. The summed E-state index contributed by atoms with van der Waals surface area (Å²) in [5.74, 6) is -0.100. The van der Waals surface area contributed by atoms with Gasteiger partial charge in [0.05, 0.1) is 6.10 Å². The van der Waals surface area contributed by atoms with Gasteiger partial charge in [-0.2, -0.15) is 0 Å². The molecule has 0 spiro atoms. The van der Waals surface area contributed by atoms with E-state index in [1.807, 2.05) is 51.1 Å². The molecule has 2 unspecified atom stereocenters. The Morgan fingerprint density at radius 3 is 2.37 bits per heavy atom. The summed E-state index contributed by atoms with van der Waals surface area (Å²) in [4.78, 5) is 11.4. The first-order chi connectivity index (χ1) is 8.83. The zero-order valence-electron chi connectivity index (χ0n) is 12.0. The van der Waals surface area contributed by atoms with E-state index in [0.717, 1.165) is 5.75 Å². The fourth-order valence-corrected chi connectivity index (χ4v) is 2.19. The molecule has 0 bridgehead atoms. The summed E-state index contributed by atoms with van der Waals surface area (Å²) in [5.41, 5.74) is -0.984. The molecule has 1 aromatic carbocycles. The lowest BCUT2D eigenvalue weighted by Gasteiger charge is -2.31. The second kappa shape index (κ2) is 6.57. The van der Waals surface area contributed by atoms with Gasteiger partial charge in [0.15, 0.2) is 0 Å². The van der Waals surface area contributed by atoms with Crippen molar-refractivity contribution in [3.8, 4) is 5.75 Å². The summed E-state index contributed by atoms with van der Waals surface area (Å²) in [6.45, 7) is 7.45. The maximum Gasteiger partial charge on any atom is 0.323 e. The minimum absolute atomic E-state index is 0.102. The second-order valence-corrected chi connectivity index (χ2v) is 5.38. The Hall–Kier alpha value is -1.55. The van der Waals surface area contributed by atoms with Crippen molar-refractivity contribution in [1.82, 2.24) is 5.32 Å². The largest absolute Gasteiger partial charge is 0.491 e. The number of rotatable bonds is 7. The van der Waals surface area contributed by atoms with Crippen LogP contribution in [0.2, 0.25) is 0 Å². The minimum atomic E-state index is -0.984. The number of hydrogen-bond acceptors (Lipinski definition) is 3. The van der Waals surface area contributed by atoms with Gasteiger partial charge in [-0.15, -0.1) is 0 Å². The molecule has 0 aliphatic carbocycles. The SMILES string of the molecule is CC(C)NC(C)(CC(C)Oc1ccccc1)C(=O)O. The molecule has 1 rings (SSSR count). The number of para-hydroxylation sites is 1. The molecule has 0 fully saturated rings. The molecule has 4 heteroatoms. The maximum atomic E-state index is 11.4. The van der Waals surface area contributed by atoms with Crippen LogP contribution in [0, 0.1) is 0 Å². The van der Waals surface area contributed by atoms with Gasteiger partial charge in [0.2, 0.25) is 0 Å². The molecule has 0 heterocycles. The van der Waals surface area contributed by atoms with E-state index in [9.17, 15) is 9.90 Å². The summed E-state index contributed by atoms with van der Waals surface area (Å²) < 4.78 is 5.74. The van der Waals surface area contributed by atoms with E-state index >= 15 is 0 Å². The predicted octanol–water partition coefficient (Wildman–Crippen LogP) is 2.69. The van der Waals surface area contributed by atoms with E-state index in [4.69, 9.17) is 4.74 Å². The van der Waals surface area contributed by atoms with Crippen molar-refractivity contribution in [3.05, 3.63) is 30.3 Å². The Morgan fingerprint density at radius 2 is 1.89 bits per heavy atom. The van der Waals surface area contributed by atoms with Crippen molar-refractivity contribution in [3.63, 3.8) is 0 Å². The summed E-state index contributed by atoms with van der Waals surface area (Å²) in [5, 5.41) is 12.5. The fraction of sp³-hybridized carbons (Fsp3) is 0.533. The minimum Gasteiger partial charge on any atom is -0.491 e. The van der Waals surface area contributed by atoms with Crippen LogP contribution in [0.1, 0.15) is 34.1 Å². The van der Waals surface area contributed by atoms with Crippen molar-refractivity contribution in [2.75, 3.05) is 0 Å². The van der Waals surface area contributed by atoms with Crippen molar-refractivity contribution < 1.29 is 14.6 Å². The molecule has 0 aromatic heterocycles. The third-order valence-electron chi connectivity index (χ3n) is 2.86. The van der Waals surface area contributed by atoms with Crippen molar-refractivity contribution in [2.45, 2.75) is 51.8 Å². The Bertz CT molecular complexity index is 405. The Balaban J connectivity index is 2.66. The van der Waals surface area contributed by atoms with Crippen LogP contribution in [0.4, 0.5) is 0 Å². The Morgan fingerprint density at radius 1 is 1.32 bits per heavy atom. The van der Waals surface area contributed by atoms with Gasteiger partial charge in [-0.25, -0.2) is 0 Å². The van der Waals surface area contributed by atoms with Gasteiger partial charge in [0, 0.05) is 12.5 Å². The molecule has 2 N–H and O–H groups in total. The monoisotopic (exact) mass is 265 g/mol. The van der Waals surface area contributed by atoms with Crippen molar-refractivity contribution >= 4 is 5.97 Å². The third kappa shape index (κ3) is 4.91. The fourth-order valence-electron chi connectivity index (χ4n) is 2.19. The highest BCUT2D eigenvalue weighted by atomic mass is 16.5. The standard InChI is InChI=1S/C15H23NO3/c1-11(2)16-15(4,14(17)18)10-12(3)19-13-8-6-5-7-9-13/h5-9,11-12,16H,10H2,1-4H3,(H,17,18). The smallest absolute Gasteiger partial charge is 0.323 e.